The van der Waals surface area contributed by atoms with E-state index in [0.29, 0.717) is 69.4 Å². The summed E-state index contributed by atoms with van der Waals surface area (Å²) in [5, 5.41) is 0. The number of ketones is 2. The van der Waals surface area contributed by atoms with E-state index in [1.54, 1.807) is 18.7 Å². The van der Waals surface area contributed by atoms with Gasteiger partial charge in [-0.15, -0.1) is 0 Å². The molecule has 0 aliphatic carbocycles. The number of methoxy groups -OCH3 is 4. The number of hydrogen-bond acceptors (Lipinski definition) is 12. The first-order valence-corrected chi connectivity index (χ1v) is 29.1. The van der Waals surface area contributed by atoms with Crippen LogP contribution in [0.4, 0.5) is 20.2 Å². The van der Waals surface area contributed by atoms with Gasteiger partial charge in [-0.1, -0.05) is 61.6 Å². The quantitative estimate of drug-likeness (QED) is 0.0793. The molecule has 73 heavy (non-hydrogen) atoms. The van der Waals surface area contributed by atoms with Crippen molar-refractivity contribution in [1.82, 2.24) is 9.80 Å². The Kier molecular flexibility index (Phi) is 16.9. The Morgan fingerprint density at radius 1 is 0.644 bits per heavy atom. The van der Waals surface area contributed by atoms with Crippen LogP contribution in [-0.4, -0.2) is 132 Å². The third kappa shape index (κ3) is 12.7. The lowest BCUT2D eigenvalue weighted by Crippen LogP contribution is -2.47. The average molecular weight is 1030 g/mol. The number of likely N-dealkylation sites (tertiary alicyclic amines) is 2. The molecule has 396 valence electrons. The minimum absolute atomic E-state index is 0.0122. The predicted octanol–water partition coefficient (Wildman–Crippen LogP) is 8.21. The first-order chi connectivity index (χ1) is 36.0. The summed E-state index contributed by atoms with van der Waals surface area (Å²) in [6.45, 7) is 9.78. The van der Waals surface area contributed by atoms with E-state index in [1.165, 1.54) is 38.4 Å². The molecule has 14 nitrogen and oxygen atoms in total. The van der Waals surface area contributed by atoms with Crippen molar-refractivity contribution >= 4 is 54.8 Å². The molecule has 0 N–H and O–H groups in total. The molecule has 3 aromatic carbocycles. The van der Waals surface area contributed by atoms with E-state index >= 15 is 8.78 Å². The highest BCUT2D eigenvalue weighted by molar-refractivity contribution is 6.77. The van der Waals surface area contributed by atoms with Gasteiger partial charge in [0.2, 0.25) is 11.8 Å². The Balaban J connectivity index is 1.10. The molecule has 0 unspecified atom stereocenters. The normalized spacial score (nSPS) is 23.2. The van der Waals surface area contributed by atoms with Crippen molar-refractivity contribution in [1.29, 1.82) is 0 Å². The monoisotopic (exact) mass is 1030 g/mol. The molecule has 0 aromatic heterocycles. The van der Waals surface area contributed by atoms with Gasteiger partial charge < -0.3 is 38.5 Å². The van der Waals surface area contributed by atoms with E-state index in [1.807, 2.05) is 53.4 Å². The van der Waals surface area contributed by atoms with Gasteiger partial charge in [-0.25, -0.2) is 8.78 Å². The molecule has 8 atom stereocenters. The van der Waals surface area contributed by atoms with Crippen molar-refractivity contribution in [2.24, 2.45) is 11.8 Å². The van der Waals surface area contributed by atoms with Gasteiger partial charge in [0.25, 0.3) is 0 Å². The van der Waals surface area contributed by atoms with E-state index in [2.05, 4.69) is 22.7 Å². The zero-order chi connectivity index (χ0) is 55.2. The van der Waals surface area contributed by atoms with Crippen molar-refractivity contribution in [3.8, 4) is 0 Å². The van der Waals surface area contributed by atoms with Crippen molar-refractivity contribution < 1.29 is 60.6 Å². The lowest BCUT2D eigenvalue weighted by molar-refractivity contribution is -0.151. The van der Waals surface area contributed by atoms with E-state index in [9.17, 15) is 28.8 Å². The minimum Gasteiger partial charge on any atom is -0.469 e. The summed E-state index contributed by atoms with van der Waals surface area (Å²) < 4.78 is 75.1. The minimum atomic E-state index is -2.97. The number of carbonyl (C=O) groups is 6. The second-order valence-corrected chi connectivity index (χ2v) is 26.5. The van der Waals surface area contributed by atoms with Gasteiger partial charge in [0.1, 0.15) is 5.69 Å². The van der Waals surface area contributed by atoms with E-state index in [0.717, 1.165) is 28.8 Å². The van der Waals surface area contributed by atoms with E-state index in [-0.39, 0.29) is 61.1 Å². The largest absolute Gasteiger partial charge is 0.469 e. The lowest BCUT2D eigenvalue weighted by atomic mass is 9.95. The summed E-state index contributed by atoms with van der Waals surface area (Å²) in [6, 6.07) is 17.9. The van der Waals surface area contributed by atoms with Crippen LogP contribution < -0.4 is 9.80 Å². The molecule has 0 bridgehead atoms. The van der Waals surface area contributed by atoms with Crippen LogP contribution in [0.15, 0.2) is 60.7 Å². The second-order valence-electron chi connectivity index (χ2n) is 21.1. The van der Waals surface area contributed by atoms with E-state index in [4.69, 9.17) is 18.3 Å². The van der Waals surface area contributed by atoms with Crippen LogP contribution in [0.5, 0.6) is 0 Å². The topological polar surface area (TPSA) is 152 Å². The molecular weight excluding hydrogens is 955 g/mol. The number of Topliss-reactive ketones (excluding diaryl/α,β-unsaturated/α-hetero) is 2. The van der Waals surface area contributed by atoms with Crippen molar-refractivity contribution in [2.75, 3.05) is 64.3 Å². The van der Waals surface area contributed by atoms with Gasteiger partial charge in [-0.05, 0) is 98.8 Å². The molecule has 4 heterocycles. The maximum absolute atomic E-state index is 16.5. The van der Waals surface area contributed by atoms with Crippen molar-refractivity contribution in [3.63, 3.8) is 0 Å². The number of nitrogens with zero attached hydrogens (tertiary/aromatic N) is 4. The number of halogens is 2. The fourth-order valence-corrected chi connectivity index (χ4v) is 13.4. The highest BCUT2D eigenvalue weighted by Crippen LogP contribution is 2.48. The smallest absolute Gasteiger partial charge is 0.306 e. The maximum Gasteiger partial charge on any atom is 0.306 e. The van der Waals surface area contributed by atoms with Crippen molar-refractivity contribution in [3.05, 3.63) is 94.6 Å². The molecule has 2 amide bonds. The number of rotatable bonds is 20. The Hall–Kier alpha value is -5.52. The summed E-state index contributed by atoms with van der Waals surface area (Å²) in [4.78, 5) is 87.3. The first kappa shape index (κ1) is 51.0. The van der Waals surface area contributed by atoms with E-state index < -0.39 is 87.1 Å². The number of amides is 2. The molecule has 4 aliphatic rings. The molecule has 0 radical (unpaired) electrons. The van der Waals surface area contributed by atoms with Crippen LogP contribution in [0.25, 0.3) is 0 Å². The van der Waals surface area contributed by atoms with Gasteiger partial charge in [0.15, 0.2) is 23.2 Å². The van der Waals surface area contributed by atoms with Crippen LogP contribution in [0.2, 0.25) is 25.2 Å². The summed E-state index contributed by atoms with van der Waals surface area (Å²) in [5.74, 6) is -5.87. The fourth-order valence-electron chi connectivity index (χ4n) is 11.4. The summed E-state index contributed by atoms with van der Waals surface area (Å²) in [5.41, 5.74) is 3.58. The van der Waals surface area contributed by atoms with Crippen LogP contribution in [0.1, 0.15) is 104 Å². The van der Waals surface area contributed by atoms with Gasteiger partial charge in [-0.3, -0.25) is 28.8 Å². The summed E-state index contributed by atoms with van der Waals surface area (Å²) >= 11 is 0. The summed E-state index contributed by atoms with van der Waals surface area (Å²) in [6.07, 6.45) is 1.45. The number of esters is 2. The Labute approximate surface area is 434 Å². The predicted molar refractivity (Wildman–Crippen MR) is 276 cm³/mol. The maximum atomic E-state index is 16.5. The first-order valence-electron chi connectivity index (χ1n) is 27.2. The Morgan fingerprint density at radius 3 is 1.47 bits per heavy atom. The lowest BCUT2D eigenvalue weighted by Gasteiger charge is -2.38. The average Bonchev–Trinajstić information content (AvgIpc) is 4.19. The molecule has 17 heteroatoms. The van der Waals surface area contributed by atoms with Crippen LogP contribution in [-0.2, 0) is 60.6 Å². The molecule has 3 aromatic rings. The molecule has 7 rings (SSSR count). The molecule has 4 saturated heterocycles. The van der Waals surface area contributed by atoms with Gasteiger partial charge in [-0.2, -0.15) is 0 Å². The molecule has 0 saturated carbocycles. The number of benzene rings is 3. The fraction of sp³-hybridized carbons (Fsp3) is 0.571. The standard InChI is InChI=1S/C56H74F2N4O10Si/c1-35(69-3)42(33-52(65)71-5)55(67)60-23-9-11-48(60)50(63)29-37-13-17-39(18-14-37)46-21-22-47(62(46)41-31-44(57)54(45(58)32-41)59-25-27-73(7,8)28-26-59)40-19-15-38(16-20-40)30-51(64)49-12-10-24-61(49)56(68)43(36(2)70-4)34-53(66)72-6/h13-20,31-32,35-36,42-43,46-49H,9-12,21-30,33-34H2,1-8H3/t35-,36-,42+,43+,46+,47+,48+,49+/m1/s1/i5D3. The van der Waals surface area contributed by atoms with Gasteiger partial charge in [0, 0.05) is 58.9 Å². The third-order valence-corrected chi connectivity index (χ3v) is 19.2. The molecular formula is C56H74F2N4O10Si. The van der Waals surface area contributed by atoms with Crippen LogP contribution in [0, 0.1) is 23.5 Å². The van der Waals surface area contributed by atoms with Gasteiger partial charge in [0.05, 0.1) is 87.4 Å². The molecule has 0 spiro atoms. The van der Waals surface area contributed by atoms with Crippen LogP contribution >= 0.6 is 0 Å². The second kappa shape index (κ2) is 24.2. The molecule has 4 aliphatic heterocycles. The third-order valence-electron chi connectivity index (χ3n) is 16.0. The van der Waals surface area contributed by atoms with Crippen LogP contribution in [0.3, 0.4) is 0 Å². The van der Waals surface area contributed by atoms with Crippen molar-refractivity contribution in [2.45, 2.75) is 140 Å². The zero-order valence-corrected chi connectivity index (χ0v) is 44.3. The Bertz CT molecular complexity index is 2560. The molecule has 4 fully saturated rings. The Morgan fingerprint density at radius 2 is 1.07 bits per heavy atom. The zero-order valence-electron chi connectivity index (χ0n) is 46.3. The van der Waals surface area contributed by atoms with Gasteiger partial charge >= 0.3 is 11.9 Å². The highest BCUT2D eigenvalue weighted by atomic mass is 28.3. The number of carbonyl (C=O) groups excluding carboxylic acids is 6. The summed E-state index contributed by atoms with van der Waals surface area (Å²) in [7, 11) is -0.291. The number of ether oxygens (including phenoxy) is 4. The number of hydrogen-bond donors (Lipinski definition) is 0. The SMILES string of the molecule is [2H]C([2H])([2H])OC(=O)C[C@H](C(=O)N1CCC[C@H]1C(=O)Cc1ccc([C@@H]2CC[C@@H](c3ccc(CC(=O)[C@@H]4CCCN4C(=O)[C@@H](CC(=O)OC)[C@@H](C)OC)cc3)N2c2cc(F)c(N3CC[Si](C)(C)CC3)c(F)c2)cc1)[C@@H](C)OC. The highest BCUT2D eigenvalue weighted by Gasteiger charge is 2.42. The number of anilines is 2.